The van der Waals surface area contributed by atoms with E-state index in [-0.39, 0.29) is 17.2 Å². The zero-order valence-corrected chi connectivity index (χ0v) is 12.5. The first-order chi connectivity index (χ1) is 9.42. The van der Waals surface area contributed by atoms with Gasteiger partial charge in [-0.3, -0.25) is 4.90 Å². The van der Waals surface area contributed by atoms with Gasteiger partial charge in [0.05, 0.1) is 0 Å². The minimum atomic E-state index is -0.376. The average Bonchev–Trinajstić information content (AvgIpc) is 2.38. The molecule has 4 heteroatoms. The molecule has 1 atom stereocenters. The predicted molar refractivity (Wildman–Crippen MR) is 77.5 cm³/mol. The lowest BCUT2D eigenvalue weighted by atomic mass is 9.95. The van der Waals surface area contributed by atoms with Crippen LogP contribution in [0.25, 0.3) is 0 Å². The van der Waals surface area contributed by atoms with E-state index in [4.69, 9.17) is 0 Å². The minimum Gasteiger partial charge on any atom is -0.311 e. The summed E-state index contributed by atoms with van der Waals surface area (Å²) in [6.45, 7) is 8.64. The molecule has 1 aromatic carbocycles. The maximum atomic E-state index is 13.8. The van der Waals surface area contributed by atoms with E-state index in [0.29, 0.717) is 18.2 Å². The molecule has 0 bridgehead atoms. The Balaban J connectivity index is 2.13. The van der Waals surface area contributed by atoms with E-state index >= 15 is 0 Å². The van der Waals surface area contributed by atoms with Crippen LogP contribution < -0.4 is 5.32 Å². The second-order valence-corrected chi connectivity index (χ2v) is 6.30. The first-order valence-corrected chi connectivity index (χ1v) is 7.34. The average molecular weight is 282 g/mol. The van der Waals surface area contributed by atoms with Crippen LogP contribution in [-0.2, 0) is 6.54 Å². The molecule has 1 fully saturated rings. The maximum Gasteiger partial charge on any atom is 0.127 e. The summed E-state index contributed by atoms with van der Waals surface area (Å²) in [5.41, 5.74) is 0.387. The van der Waals surface area contributed by atoms with Crippen molar-refractivity contribution in [3.05, 3.63) is 35.4 Å². The van der Waals surface area contributed by atoms with Gasteiger partial charge in [0.1, 0.15) is 11.6 Å². The van der Waals surface area contributed by atoms with Crippen LogP contribution >= 0.6 is 0 Å². The van der Waals surface area contributed by atoms with Gasteiger partial charge in [0.15, 0.2) is 0 Å². The molecule has 0 aromatic heterocycles. The lowest BCUT2D eigenvalue weighted by Crippen LogP contribution is -2.61. The summed E-state index contributed by atoms with van der Waals surface area (Å²) < 4.78 is 27.1. The predicted octanol–water partition coefficient (Wildman–Crippen LogP) is 3.32. The van der Waals surface area contributed by atoms with Gasteiger partial charge in [0.2, 0.25) is 0 Å². The Labute approximate surface area is 120 Å². The van der Waals surface area contributed by atoms with Gasteiger partial charge in [-0.05, 0) is 38.5 Å². The number of nitrogens with one attached hydrogen (secondary N) is 1. The highest BCUT2D eigenvalue weighted by Crippen LogP contribution is 2.24. The number of hydrogen-bond acceptors (Lipinski definition) is 2. The molecule has 0 spiro atoms. The van der Waals surface area contributed by atoms with Crippen LogP contribution in [0, 0.1) is 11.6 Å². The van der Waals surface area contributed by atoms with Crippen LogP contribution in [0.3, 0.4) is 0 Å². The van der Waals surface area contributed by atoms with Crippen LogP contribution in [0.1, 0.15) is 39.2 Å². The molecule has 1 aromatic rings. The Bertz CT molecular complexity index is 460. The van der Waals surface area contributed by atoms with E-state index in [1.165, 1.54) is 18.2 Å². The Hall–Kier alpha value is -1.00. The molecule has 2 nitrogen and oxygen atoms in total. The summed E-state index contributed by atoms with van der Waals surface area (Å²) >= 11 is 0. The number of hydrogen-bond donors (Lipinski definition) is 1. The van der Waals surface area contributed by atoms with Gasteiger partial charge in [0.25, 0.3) is 0 Å². The maximum absolute atomic E-state index is 13.8. The van der Waals surface area contributed by atoms with Crippen molar-refractivity contribution in [2.75, 3.05) is 13.1 Å². The SMILES string of the molecule is CCCC1CN(Cc2cc(F)ccc2F)C(C)(C)CN1. The van der Waals surface area contributed by atoms with Gasteiger partial charge in [-0.1, -0.05) is 13.3 Å². The number of nitrogens with zero attached hydrogens (tertiary/aromatic N) is 1. The third-order valence-electron chi connectivity index (χ3n) is 4.13. The van der Waals surface area contributed by atoms with Crippen molar-refractivity contribution in [1.82, 2.24) is 10.2 Å². The molecule has 1 unspecified atom stereocenters. The van der Waals surface area contributed by atoms with Gasteiger partial charge in [-0.2, -0.15) is 0 Å². The van der Waals surface area contributed by atoms with Gasteiger partial charge >= 0.3 is 0 Å². The summed E-state index contributed by atoms with van der Waals surface area (Å²) in [5, 5.41) is 3.54. The normalized spacial score (nSPS) is 22.9. The lowest BCUT2D eigenvalue weighted by molar-refractivity contribution is 0.0553. The highest BCUT2D eigenvalue weighted by Gasteiger charge is 2.33. The fourth-order valence-corrected chi connectivity index (χ4v) is 2.77. The van der Waals surface area contributed by atoms with E-state index in [2.05, 4.69) is 31.0 Å². The molecule has 20 heavy (non-hydrogen) atoms. The van der Waals surface area contributed by atoms with E-state index in [9.17, 15) is 8.78 Å². The lowest BCUT2D eigenvalue weighted by Gasteiger charge is -2.46. The Morgan fingerprint density at radius 1 is 1.35 bits per heavy atom. The van der Waals surface area contributed by atoms with E-state index < -0.39 is 0 Å². The summed E-state index contributed by atoms with van der Waals surface area (Å²) in [6, 6.07) is 4.12. The molecule has 1 aliphatic heterocycles. The smallest absolute Gasteiger partial charge is 0.127 e. The van der Waals surface area contributed by atoms with Crippen molar-refractivity contribution in [3.63, 3.8) is 0 Å². The first kappa shape index (κ1) is 15.4. The van der Waals surface area contributed by atoms with Crippen molar-refractivity contribution >= 4 is 0 Å². The summed E-state index contributed by atoms with van der Waals surface area (Å²) in [6.07, 6.45) is 2.23. The molecule has 112 valence electrons. The number of halogens is 2. The zero-order valence-electron chi connectivity index (χ0n) is 12.5. The van der Waals surface area contributed by atoms with E-state index in [0.717, 1.165) is 25.9 Å². The van der Waals surface area contributed by atoms with Crippen molar-refractivity contribution in [2.24, 2.45) is 0 Å². The number of piperazine rings is 1. The van der Waals surface area contributed by atoms with Crippen LogP contribution in [0.5, 0.6) is 0 Å². The highest BCUT2D eigenvalue weighted by atomic mass is 19.1. The second kappa shape index (κ2) is 6.19. The molecule has 0 saturated carbocycles. The fourth-order valence-electron chi connectivity index (χ4n) is 2.77. The summed E-state index contributed by atoms with van der Waals surface area (Å²) in [5.74, 6) is -0.702. The van der Waals surface area contributed by atoms with Crippen LogP contribution in [-0.4, -0.2) is 29.6 Å². The molecule has 2 rings (SSSR count). The topological polar surface area (TPSA) is 15.3 Å². The molecule has 1 heterocycles. The summed E-state index contributed by atoms with van der Waals surface area (Å²) in [4.78, 5) is 2.25. The third kappa shape index (κ3) is 3.55. The third-order valence-corrected chi connectivity index (χ3v) is 4.13. The molecule has 1 aliphatic rings. The fraction of sp³-hybridized carbons (Fsp3) is 0.625. The summed E-state index contributed by atoms with van der Waals surface area (Å²) in [7, 11) is 0. The highest BCUT2D eigenvalue weighted by molar-refractivity contribution is 5.19. The largest absolute Gasteiger partial charge is 0.311 e. The van der Waals surface area contributed by atoms with Crippen molar-refractivity contribution < 1.29 is 8.78 Å². The van der Waals surface area contributed by atoms with Crippen molar-refractivity contribution in [1.29, 1.82) is 0 Å². The van der Waals surface area contributed by atoms with Gasteiger partial charge in [-0.15, -0.1) is 0 Å². The minimum absolute atomic E-state index is 0.0526. The van der Waals surface area contributed by atoms with Crippen LogP contribution in [0.2, 0.25) is 0 Å². The molecule has 0 radical (unpaired) electrons. The number of benzene rings is 1. The van der Waals surface area contributed by atoms with Gasteiger partial charge < -0.3 is 5.32 Å². The monoisotopic (exact) mass is 282 g/mol. The number of rotatable bonds is 4. The Kier molecular flexibility index (Phi) is 4.76. The Morgan fingerprint density at radius 2 is 2.10 bits per heavy atom. The van der Waals surface area contributed by atoms with E-state index in [1.54, 1.807) is 0 Å². The Morgan fingerprint density at radius 3 is 2.80 bits per heavy atom. The molecule has 1 N–H and O–H groups in total. The van der Waals surface area contributed by atoms with Crippen LogP contribution in [0.4, 0.5) is 8.78 Å². The van der Waals surface area contributed by atoms with E-state index in [1.807, 2.05) is 0 Å². The van der Waals surface area contributed by atoms with Crippen LogP contribution in [0.15, 0.2) is 18.2 Å². The molecular formula is C16H24F2N2. The quantitative estimate of drug-likeness (QED) is 0.911. The first-order valence-electron chi connectivity index (χ1n) is 7.34. The van der Waals surface area contributed by atoms with Crippen molar-refractivity contribution in [3.8, 4) is 0 Å². The molecule has 0 amide bonds. The van der Waals surface area contributed by atoms with Gasteiger partial charge in [0, 0.05) is 36.8 Å². The molecule has 1 saturated heterocycles. The molecule has 0 aliphatic carbocycles. The van der Waals surface area contributed by atoms with Gasteiger partial charge in [-0.25, -0.2) is 8.78 Å². The second-order valence-electron chi connectivity index (χ2n) is 6.30. The van der Waals surface area contributed by atoms with Crippen molar-refractivity contribution in [2.45, 2.75) is 51.7 Å². The molecular weight excluding hydrogens is 258 g/mol. The zero-order chi connectivity index (χ0) is 14.8. The standard InChI is InChI=1S/C16H24F2N2/c1-4-5-14-10-20(16(2,3)11-19-14)9-12-8-13(17)6-7-15(12)18/h6-8,14,19H,4-5,9-11H2,1-3H3.